The van der Waals surface area contributed by atoms with E-state index in [1.807, 2.05) is 24.3 Å². The van der Waals surface area contributed by atoms with Gasteiger partial charge in [-0.3, -0.25) is 9.69 Å². The van der Waals surface area contributed by atoms with Gasteiger partial charge in [0, 0.05) is 44.8 Å². The molecule has 0 radical (unpaired) electrons. The predicted octanol–water partition coefficient (Wildman–Crippen LogP) is 1.26. The van der Waals surface area contributed by atoms with Crippen LogP contribution in [0.5, 0.6) is 0 Å². The van der Waals surface area contributed by atoms with Crippen molar-refractivity contribution >= 4 is 18.3 Å². The van der Waals surface area contributed by atoms with Crippen LogP contribution in [0.3, 0.4) is 0 Å². The summed E-state index contributed by atoms with van der Waals surface area (Å²) < 4.78 is 0. The van der Waals surface area contributed by atoms with Gasteiger partial charge in [0.2, 0.25) is 0 Å². The zero-order valence-electron chi connectivity index (χ0n) is 11.5. The Labute approximate surface area is 121 Å². The molecule has 1 atom stereocenters. The third-order valence-electron chi connectivity index (χ3n) is 3.30. The minimum absolute atomic E-state index is 0. The van der Waals surface area contributed by atoms with Gasteiger partial charge >= 0.3 is 0 Å². The van der Waals surface area contributed by atoms with E-state index in [1.165, 1.54) is 5.56 Å². The number of rotatable bonds is 3. The molecule has 19 heavy (non-hydrogen) atoms. The van der Waals surface area contributed by atoms with Gasteiger partial charge in [0.1, 0.15) is 0 Å². The quantitative estimate of drug-likeness (QED) is 0.878. The maximum Gasteiger partial charge on any atom is 0.251 e. The number of carbonyl (C=O) groups excluding carboxylic acids is 1. The second-order valence-electron chi connectivity index (χ2n) is 4.87. The largest absolute Gasteiger partial charge is 0.355 e. The summed E-state index contributed by atoms with van der Waals surface area (Å²) in [5.41, 5.74) is 1.98. The van der Waals surface area contributed by atoms with Gasteiger partial charge in [0.15, 0.2) is 0 Å². The Balaban J connectivity index is 0.00000180. The van der Waals surface area contributed by atoms with E-state index in [0.717, 1.165) is 31.7 Å². The molecule has 1 unspecified atom stereocenters. The van der Waals surface area contributed by atoms with E-state index in [1.54, 1.807) is 7.05 Å². The fraction of sp³-hybridized carbons (Fsp3) is 0.500. The summed E-state index contributed by atoms with van der Waals surface area (Å²) in [6.45, 7) is 6.39. The first-order valence-electron chi connectivity index (χ1n) is 6.46. The van der Waals surface area contributed by atoms with Crippen molar-refractivity contribution in [2.45, 2.75) is 19.5 Å². The van der Waals surface area contributed by atoms with Gasteiger partial charge in [0.05, 0.1) is 0 Å². The number of hydrogen-bond donors (Lipinski definition) is 2. The van der Waals surface area contributed by atoms with Crippen molar-refractivity contribution in [2.24, 2.45) is 0 Å². The van der Waals surface area contributed by atoms with Crippen molar-refractivity contribution in [2.75, 3.05) is 26.7 Å². The van der Waals surface area contributed by atoms with Crippen LogP contribution in [0.2, 0.25) is 0 Å². The Morgan fingerprint density at radius 1 is 1.42 bits per heavy atom. The van der Waals surface area contributed by atoms with Crippen molar-refractivity contribution in [3.63, 3.8) is 0 Å². The molecular formula is C14H22ClN3O. The number of piperazine rings is 1. The number of amides is 1. The molecule has 0 saturated carbocycles. The highest BCUT2D eigenvalue weighted by Crippen LogP contribution is 2.09. The number of halogens is 1. The molecule has 1 aliphatic rings. The summed E-state index contributed by atoms with van der Waals surface area (Å²) in [5, 5.41) is 6.07. The molecule has 0 aromatic heterocycles. The summed E-state index contributed by atoms with van der Waals surface area (Å²) in [6.07, 6.45) is 0. The molecule has 0 spiro atoms. The van der Waals surface area contributed by atoms with Gasteiger partial charge in [-0.05, 0) is 24.6 Å². The molecule has 1 saturated heterocycles. The van der Waals surface area contributed by atoms with E-state index in [9.17, 15) is 4.79 Å². The minimum atomic E-state index is -0.0302. The maximum absolute atomic E-state index is 11.4. The van der Waals surface area contributed by atoms with Crippen LogP contribution in [0.15, 0.2) is 24.3 Å². The fourth-order valence-corrected chi connectivity index (χ4v) is 2.32. The molecule has 106 valence electrons. The van der Waals surface area contributed by atoms with Gasteiger partial charge < -0.3 is 10.6 Å². The smallest absolute Gasteiger partial charge is 0.251 e. The van der Waals surface area contributed by atoms with Crippen molar-refractivity contribution in [3.05, 3.63) is 35.4 Å². The molecule has 1 aromatic rings. The van der Waals surface area contributed by atoms with E-state index in [4.69, 9.17) is 0 Å². The van der Waals surface area contributed by atoms with Crippen LogP contribution < -0.4 is 10.6 Å². The molecule has 5 heteroatoms. The lowest BCUT2D eigenvalue weighted by Gasteiger charge is -2.31. The highest BCUT2D eigenvalue weighted by Gasteiger charge is 2.15. The van der Waals surface area contributed by atoms with Crippen molar-refractivity contribution in [1.29, 1.82) is 0 Å². The molecular weight excluding hydrogens is 262 g/mol. The Morgan fingerprint density at radius 2 is 2.11 bits per heavy atom. The summed E-state index contributed by atoms with van der Waals surface area (Å²) in [5.74, 6) is -0.0302. The first kappa shape index (κ1) is 16.0. The number of carbonyl (C=O) groups is 1. The average Bonchev–Trinajstić information content (AvgIpc) is 2.39. The van der Waals surface area contributed by atoms with Crippen molar-refractivity contribution in [1.82, 2.24) is 15.5 Å². The molecule has 1 heterocycles. The lowest BCUT2D eigenvalue weighted by Crippen LogP contribution is -2.48. The van der Waals surface area contributed by atoms with E-state index in [2.05, 4.69) is 22.5 Å². The average molecular weight is 284 g/mol. The monoisotopic (exact) mass is 283 g/mol. The van der Waals surface area contributed by atoms with Gasteiger partial charge in [-0.15, -0.1) is 12.4 Å². The lowest BCUT2D eigenvalue weighted by atomic mass is 10.1. The Bertz CT molecular complexity index is 408. The lowest BCUT2D eigenvalue weighted by molar-refractivity contribution is 0.0963. The summed E-state index contributed by atoms with van der Waals surface area (Å²) in [6, 6.07) is 8.41. The van der Waals surface area contributed by atoms with Crippen LogP contribution in [0.25, 0.3) is 0 Å². The van der Waals surface area contributed by atoms with E-state index >= 15 is 0 Å². The zero-order chi connectivity index (χ0) is 13.0. The molecule has 1 fully saturated rings. The van der Waals surface area contributed by atoms with E-state index in [0.29, 0.717) is 6.04 Å². The third kappa shape index (κ3) is 4.49. The standard InChI is InChI=1S/C14H21N3O.ClH/c1-11-9-17(8-7-16-11)10-12-3-5-13(6-4-12)14(18)15-2;/h3-6,11,16H,7-10H2,1-2H3,(H,15,18);1H. The van der Waals surface area contributed by atoms with Gasteiger partial charge in [-0.2, -0.15) is 0 Å². The van der Waals surface area contributed by atoms with Crippen molar-refractivity contribution < 1.29 is 4.79 Å². The maximum atomic E-state index is 11.4. The van der Waals surface area contributed by atoms with Crippen LogP contribution in [0.4, 0.5) is 0 Å². The SMILES string of the molecule is CNC(=O)c1ccc(CN2CCNC(C)C2)cc1.Cl. The molecule has 2 N–H and O–H groups in total. The first-order valence-corrected chi connectivity index (χ1v) is 6.46. The molecule has 0 aliphatic carbocycles. The molecule has 1 aromatic carbocycles. The van der Waals surface area contributed by atoms with Crippen LogP contribution in [-0.4, -0.2) is 43.5 Å². The molecule has 4 nitrogen and oxygen atoms in total. The Morgan fingerprint density at radius 3 is 2.68 bits per heavy atom. The number of nitrogens with zero attached hydrogens (tertiary/aromatic N) is 1. The second-order valence-corrected chi connectivity index (χ2v) is 4.87. The molecule has 1 amide bonds. The minimum Gasteiger partial charge on any atom is -0.355 e. The highest BCUT2D eigenvalue weighted by molar-refractivity contribution is 5.93. The number of nitrogens with one attached hydrogen (secondary N) is 2. The molecule has 1 aliphatic heterocycles. The van der Waals surface area contributed by atoms with Gasteiger partial charge in [0.25, 0.3) is 5.91 Å². The van der Waals surface area contributed by atoms with Gasteiger partial charge in [-0.25, -0.2) is 0 Å². The first-order chi connectivity index (χ1) is 8.69. The normalized spacial score (nSPS) is 19.6. The van der Waals surface area contributed by atoms with Crippen LogP contribution >= 0.6 is 12.4 Å². The number of benzene rings is 1. The van der Waals surface area contributed by atoms with Crippen LogP contribution in [-0.2, 0) is 6.54 Å². The topological polar surface area (TPSA) is 44.4 Å². The summed E-state index contributed by atoms with van der Waals surface area (Å²) >= 11 is 0. The van der Waals surface area contributed by atoms with Crippen LogP contribution in [0.1, 0.15) is 22.8 Å². The second kappa shape index (κ2) is 7.48. The van der Waals surface area contributed by atoms with Gasteiger partial charge in [-0.1, -0.05) is 12.1 Å². The van der Waals surface area contributed by atoms with Crippen molar-refractivity contribution in [3.8, 4) is 0 Å². The van der Waals surface area contributed by atoms with E-state index in [-0.39, 0.29) is 18.3 Å². The highest BCUT2D eigenvalue weighted by atomic mass is 35.5. The summed E-state index contributed by atoms with van der Waals surface area (Å²) in [4.78, 5) is 13.9. The van der Waals surface area contributed by atoms with E-state index < -0.39 is 0 Å². The summed E-state index contributed by atoms with van der Waals surface area (Å²) in [7, 11) is 1.65. The molecule has 0 bridgehead atoms. The Kier molecular flexibility index (Phi) is 6.28. The Hall–Kier alpha value is -1.10. The zero-order valence-corrected chi connectivity index (χ0v) is 12.3. The predicted molar refractivity (Wildman–Crippen MR) is 79.8 cm³/mol. The molecule has 2 rings (SSSR count). The number of hydrogen-bond acceptors (Lipinski definition) is 3. The fourth-order valence-electron chi connectivity index (χ4n) is 2.32. The third-order valence-corrected chi connectivity index (χ3v) is 3.30. The van der Waals surface area contributed by atoms with Crippen LogP contribution in [0, 0.1) is 0 Å².